The molecule has 5 nitrogen and oxygen atoms in total. The van der Waals surface area contributed by atoms with Gasteiger partial charge in [-0.05, 0) is 41.3 Å². The minimum atomic E-state index is -0.602. The summed E-state index contributed by atoms with van der Waals surface area (Å²) in [5.41, 5.74) is 1.94. The molecule has 0 radical (unpaired) electrons. The second kappa shape index (κ2) is 12.0. The van der Waals surface area contributed by atoms with E-state index in [0.717, 1.165) is 17.7 Å². The van der Waals surface area contributed by atoms with Gasteiger partial charge in [0.1, 0.15) is 5.75 Å². The highest BCUT2D eigenvalue weighted by molar-refractivity contribution is 8.93. The molecule has 2 atom stereocenters. The van der Waals surface area contributed by atoms with Crippen molar-refractivity contribution in [1.29, 1.82) is 0 Å². The SMILES string of the molecule is Br.COC(=O)COc1ccc(C(C)CNCC(O)c2cccc(Cl)c2)cc1. The lowest BCUT2D eigenvalue weighted by Gasteiger charge is -2.16. The van der Waals surface area contributed by atoms with Gasteiger partial charge in [-0.3, -0.25) is 0 Å². The van der Waals surface area contributed by atoms with Crippen molar-refractivity contribution in [2.75, 3.05) is 26.8 Å². The summed E-state index contributed by atoms with van der Waals surface area (Å²) in [6.07, 6.45) is -0.602. The van der Waals surface area contributed by atoms with E-state index in [0.29, 0.717) is 17.3 Å². The number of hydrogen-bond acceptors (Lipinski definition) is 5. The van der Waals surface area contributed by atoms with Crippen molar-refractivity contribution in [1.82, 2.24) is 5.32 Å². The van der Waals surface area contributed by atoms with Crippen molar-refractivity contribution in [3.05, 3.63) is 64.7 Å². The molecule has 0 aromatic heterocycles. The van der Waals surface area contributed by atoms with Crippen LogP contribution in [-0.2, 0) is 9.53 Å². The molecule has 0 bridgehead atoms. The standard InChI is InChI=1S/C20H24ClNO4.BrH/c1-14(11-22-12-19(23)16-4-3-5-17(21)10-16)15-6-8-18(9-7-15)26-13-20(24)25-2;/h3-10,14,19,22-23H,11-13H2,1-2H3;1H. The quantitative estimate of drug-likeness (QED) is 0.558. The van der Waals surface area contributed by atoms with E-state index >= 15 is 0 Å². The summed E-state index contributed by atoms with van der Waals surface area (Å²) in [7, 11) is 1.33. The lowest BCUT2D eigenvalue weighted by atomic mass is 10.0. The highest BCUT2D eigenvalue weighted by Gasteiger charge is 2.10. The average Bonchev–Trinajstić information content (AvgIpc) is 2.66. The van der Waals surface area contributed by atoms with Crippen LogP contribution in [-0.4, -0.2) is 37.9 Å². The van der Waals surface area contributed by atoms with Crippen molar-refractivity contribution in [2.24, 2.45) is 0 Å². The van der Waals surface area contributed by atoms with Gasteiger partial charge in [-0.1, -0.05) is 42.8 Å². The molecule has 2 unspecified atom stereocenters. The van der Waals surface area contributed by atoms with Crippen LogP contribution < -0.4 is 10.1 Å². The van der Waals surface area contributed by atoms with Gasteiger partial charge in [0.15, 0.2) is 6.61 Å². The van der Waals surface area contributed by atoms with Gasteiger partial charge in [-0.2, -0.15) is 0 Å². The molecule has 0 saturated heterocycles. The van der Waals surface area contributed by atoms with Crippen molar-refractivity contribution in [2.45, 2.75) is 18.9 Å². The number of hydrogen-bond donors (Lipinski definition) is 2. The molecule has 2 N–H and O–H groups in total. The maximum Gasteiger partial charge on any atom is 0.343 e. The topological polar surface area (TPSA) is 67.8 Å². The molecule has 7 heteroatoms. The van der Waals surface area contributed by atoms with Gasteiger partial charge in [-0.15, -0.1) is 17.0 Å². The first-order valence-corrected chi connectivity index (χ1v) is 8.81. The molecule has 27 heavy (non-hydrogen) atoms. The predicted molar refractivity (Wildman–Crippen MR) is 112 cm³/mol. The minimum absolute atomic E-state index is 0. The van der Waals surface area contributed by atoms with E-state index in [2.05, 4.69) is 17.0 Å². The van der Waals surface area contributed by atoms with E-state index in [-0.39, 0.29) is 29.5 Å². The molecule has 0 saturated carbocycles. The van der Waals surface area contributed by atoms with Gasteiger partial charge in [0, 0.05) is 18.1 Å². The van der Waals surface area contributed by atoms with Gasteiger partial charge in [0.05, 0.1) is 13.2 Å². The molecule has 0 spiro atoms. The summed E-state index contributed by atoms with van der Waals surface area (Å²) in [6, 6.07) is 14.8. The number of nitrogens with one attached hydrogen (secondary N) is 1. The molecule has 148 valence electrons. The Kier molecular flexibility index (Phi) is 10.4. The molecular weight excluding hydrogens is 434 g/mol. The second-order valence-electron chi connectivity index (χ2n) is 6.06. The average molecular weight is 459 g/mol. The van der Waals surface area contributed by atoms with E-state index in [1.54, 1.807) is 12.1 Å². The van der Waals surface area contributed by atoms with Gasteiger partial charge < -0.3 is 19.9 Å². The van der Waals surface area contributed by atoms with Crippen molar-refractivity contribution >= 4 is 34.6 Å². The zero-order valence-corrected chi connectivity index (χ0v) is 17.8. The number of aliphatic hydroxyl groups excluding tert-OH is 1. The fraction of sp³-hybridized carbons (Fsp3) is 0.350. The number of carbonyl (C=O) groups is 1. The Hall–Kier alpha value is -1.60. The van der Waals surface area contributed by atoms with Crippen LogP contribution in [0.5, 0.6) is 5.75 Å². The number of carbonyl (C=O) groups excluding carboxylic acids is 1. The predicted octanol–water partition coefficient (Wildman–Crippen LogP) is 3.90. The van der Waals surface area contributed by atoms with Crippen LogP contribution in [0.3, 0.4) is 0 Å². The van der Waals surface area contributed by atoms with Gasteiger partial charge in [-0.25, -0.2) is 4.79 Å². The molecule has 0 amide bonds. The van der Waals surface area contributed by atoms with Crippen LogP contribution in [0.2, 0.25) is 5.02 Å². The highest BCUT2D eigenvalue weighted by Crippen LogP contribution is 2.20. The van der Waals surface area contributed by atoms with Crippen molar-refractivity contribution < 1.29 is 19.4 Å². The minimum Gasteiger partial charge on any atom is -0.482 e. The first-order chi connectivity index (χ1) is 12.5. The molecule has 2 rings (SSSR count). The smallest absolute Gasteiger partial charge is 0.343 e. The normalized spacial score (nSPS) is 12.6. The first kappa shape index (κ1) is 23.4. The Labute approximate surface area is 175 Å². The number of methoxy groups -OCH3 is 1. The van der Waals surface area contributed by atoms with E-state index in [4.69, 9.17) is 16.3 Å². The monoisotopic (exact) mass is 457 g/mol. The maximum atomic E-state index is 11.1. The zero-order chi connectivity index (χ0) is 18.9. The summed E-state index contributed by atoms with van der Waals surface area (Å²) in [6.45, 7) is 3.17. The molecule has 0 fully saturated rings. The summed E-state index contributed by atoms with van der Waals surface area (Å²) in [5, 5.41) is 14.1. The van der Waals surface area contributed by atoms with Crippen LogP contribution in [0, 0.1) is 0 Å². The third-order valence-electron chi connectivity index (χ3n) is 4.06. The summed E-state index contributed by atoms with van der Waals surface area (Å²) in [4.78, 5) is 11.1. The van der Waals surface area contributed by atoms with Gasteiger partial charge in [0.2, 0.25) is 0 Å². The van der Waals surface area contributed by atoms with Crippen LogP contribution in [0.4, 0.5) is 0 Å². The first-order valence-electron chi connectivity index (χ1n) is 8.43. The Balaban J connectivity index is 0.00000364. The maximum absolute atomic E-state index is 11.1. The van der Waals surface area contributed by atoms with Crippen LogP contribution in [0.15, 0.2) is 48.5 Å². The molecule has 0 aliphatic rings. The highest BCUT2D eigenvalue weighted by atomic mass is 79.9. The van der Waals surface area contributed by atoms with Gasteiger partial charge >= 0.3 is 5.97 Å². The zero-order valence-electron chi connectivity index (χ0n) is 15.4. The fourth-order valence-electron chi connectivity index (χ4n) is 2.48. The summed E-state index contributed by atoms with van der Waals surface area (Å²) in [5.74, 6) is 0.469. The number of benzene rings is 2. The summed E-state index contributed by atoms with van der Waals surface area (Å²) >= 11 is 5.95. The number of rotatable bonds is 9. The Morgan fingerprint density at radius 1 is 1.15 bits per heavy atom. The lowest BCUT2D eigenvalue weighted by Crippen LogP contribution is -2.25. The second-order valence-corrected chi connectivity index (χ2v) is 6.50. The Bertz CT molecular complexity index is 711. The van der Waals surface area contributed by atoms with Crippen LogP contribution >= 0.6 is 28.6 Å². The largest absolute Gasteiger partial charge is 0.482 e. The summed E-state index contributed by atoms with van der Waals surface area (Å²) < 4.78 is 9.87. The number of esters is 1. The van der Waals surface area contributed by atoms with Gasteiger partial charge in [0.25, 0.3) is 0 Å². The fourth-order valence-corrected chi connectivity index (χ4v) is 2.68. The molecule has 0 heterocycles. The number of ether oxygens (including phenoxy) is 2. The lowest BCUT2D eigenvalue weighted by molar-refractivity contribution is -0.142. The number of aliphatic hydroxyl groups is 1. The molecule has 0 aliphatic heterocycles. The molecule has 0 aliphatic carbocycles. The Morgan fingerprint density at radius 3 is 2.48 bits per heavy atom. The van der Waals surface area contributed by atoms with E-state index < -0.39 is 12.1 Å². The van der Waals surface area contributed by atoms with Crippen LogP contribution in [0.25, 0.3) is 0 Å². The molecular formula is C20H25BrClNO4. The van der Waals surface area contributed by atoms with E-state index in [1.165, 1.54) is 7.11 Å². The number of halogens is 2. The molecule has 2 aromatic carbocycles. The van der Waals surface area contributed by atoms with E-state index in [9.17, 15) is 9.90 Å². The van der Waals surface area contributed by atoms with Crippen molar-refractivity contribution in [3.63, 3.8) is 0 Å². The third kappa shape index (κ3) is 7.89. The Morgan fingerprint density at radius 2 is 1.85 bits per heavy atom. The third-order valence-corrected chi connectivity index (χ3v) is 4.29. The van der Waals surface area contributed by atoms with Crippen LogP contribution in [0.1, 0.15) is 30.1 Å². The molecule has 2 aromatic rings. The van der Waals surface area contributed by atoms with Crippen molar-refractivity contribution in [3.8, 4) is 5.75 Å². The van der Waals surface area contributed by atoms with E-state index in [1.807, 2.05) is 36.4 Å².